The molecule has 1 aromatic carbocycles. The quantitative estimate of drug-likeness (QED) is 0.875. The lowest BCUT2D eigenvalue weighted by Crippen LogP contribution is -2.52. The van der Waals surface area contributed by atoms with Gasteiger partial charge in [-0.05, 0) is 49.9 Å². The number of pyridine rings is 1. The van der Waals surface area contributed by atoms with Crippen LogP contribution in [0.15, 0.2) is 30.5 Å². The van der Waals surface area contributed by atoms with Crippen molar-refractivity contribution in [3.63, 3.8) is 0 Å². The minimum atomic E-state index is 0.167. The fraction of sp³-hybridized carbons (Fsp3) is 0.565. The zero-order valence-corrected chi connectivity index (χ0v) is 16.9. The summed E-state index contributed by atoms with van der Waals surface area (Å²) in [6.07, 6.45) is 7.40. The number of nitrogens with one attached hydrogen (secondary N) is 1. The van der Waals surface area contributed by atoms with Gasteiger partial charge < -0.3 is 15.0 Å². The Bertz CT molecular complexity index is 861. The molecule has 4 atom stereocenters. The molecule has 148 valence electrons. The first-order chi connectivity index (χ1) is 13.7. The van der Waals surface area contributed by atoms with E-state index >= 15 is 0 Å². The summed E-state index contributed by atoms with van der Waals surface area (Å²) in [5, 5.41) is 14.2. The van der Waals surface area contributed by atoms with Gasteiger partial charge >= 0.3 is 0 Å². The van der Waals surface area contributed by atoms with E-state index in [0.29, 0.717) is 11.6 Å². The molecule has 1 saturated carbocycles. The van der Waals surface area contributed by atoms with Crippen molar-refractivity contribution in [2.45, 2.75) is 57.8 Å². The van der Waals surface area contributed by atoms with Crippen LogP contribution in [0, 0.1) is 17.2 Å². The summed E-state index contributed by atoms with van der Waals surface area (Å²) in [4.78, 5) is 6.86. The summed E-state index contributed by atoms with van der Waals surface area (Å²) in [5.41, 5.74) is 2.56. The zero-order valence-electron chi connectivity index (χ0n) is 16.9. The Balaban J connectivity index is 1.51. The third kappa shape index (κ3) is 3.99. The number of fused-ring (bicyclic) bond motifs is 1. The number of ether oxygens (including phenoxy) is 1. The molecule has 1 aliphatic carbocycles. The van der Waals surface area contributed by atoms with E-state index in [1.54, 1.807) is 6.20 Å². The summed E-state index contributed by atoms with van der Waals surface area (Å²) in [6, 6.07) is 10.8. The predicted molar refractivity (Wildman–Crippen MR) is 112 cm³/mol. The minimum Gasteiger partial charge on any atom is -0.370 e. The van der Waals surface area contributed by atoms with Crippen LogP contribution in [-0.4, -0.2) is 42.9 Å². The Morgan fingerprint density at radius 1 is 1.21 bits per heavy atom. The molecule has 0 radical (unpaired) electrons. The molecule has 1 aromatic heterocycles. The highest BCUT2D eigenvalue weighted by Gasteiger charge is 2.28. The van der Waals surface area contributed by atoms with Gasteiger partial charge in [0.05, 0.1) is 23.3 Å². The second kappa shape index (κ2) is 8.46. The Labute approximate surface area is 167 Å². The highest BCUT2D eigenvalue weighted by atomic mass is 16.5. The molecule has 1 N–H and O–H groups in total. The van der Waals surface area contributed by atoms with Crippen LogP contribution in [0.5, 0.6) is 0 Å². The molecule has 2 heterocycles. The highest BCUT2D eigenvalue weighted by Crippen LogP contribution is 2.30. The Hall–Kier alpha value is -2.16. The van der Waals surface area contributed by atoms with Gasteiger partial charge in [0, 0.05) is 42.9 Å². The molecule has 5 heteroatoms. The molecule has 1 aliphatic heterocycles. The molecule has 0 amide bonds. The van der Waals surface area contributed by atoms with Crippen LogP contribution in [0.1, 0.15) is 45.1 Å². The van der Waals surface area contributed by atoms with Crippen molar-refractivity contribution in [3.05, 3.63) is 36.0 Å². The van der Waals surface area contributed by atoms with E-state index in [9.17, 15) is 5.26 Å². The molecule has 2 aromatic rings. The van der Waals surface area contributed by atoms with E-state index < -0.39 is 0 Å². The minimum absolute atomic E-state index is 0.167. The van der Waals surface area contributed by atoms with E-state index in [2.05, 4.69) is 47.3 Å². The van der Waals surface area contributed by atoms with Crippen molar-refractivity contribution in [2.75, 3.05) is 24.5 Å². The normalized spacial score (nSPS) is 28.2. The van der Waals surface area contributed by atoms with E-state index in [-0.39, 0.29) is 12.2 Å². The van der Waals surface area contributed by atoms with Gasteiger partial charge in [0.15, 0.2) is 0 Å². The van der Waals surface area contributed by atoms with Gasteiger partial charge in [0.1, 0.15) is 6.07 Å². The van der Waals surface area contributed by atoms with E-state index in [0.717, 1.165) is 42.1 Å². The third-order valence-corrected chi connectivity index (χ3v) is 6.25. The summed E-state index contributed by atoms with van der Waals surface area (Å²) in [7, 11) is 0. The number of anilines is 1. The van der Waals surface area contributed by atoms with Gasteiger partial charge in [0.25, 0.3) is 0 Å². The molecule has 0 spiro atoms. The number of hydrogen-bond donors (Lipinski definition) is 1. The van der Waals surface area contributed by atoms with E-state index in [4.69, 9.17) is 4.74 Å². The summed E-state index contributed by atoms with van der Waals surface area (Å²) in [5.74, 6) is 0.749. The first-order valence-corrected chi connectivity index (χ1v) is 10.6. The first kappa shape index (κ1) is 19.2. The maximum Gasteiger partial charge on any atom is 0.101 e. The first-order valence-electron chi connectivity index (χ1n) is 10.6. The van der Waals surface area contributed by atoms with Crippen molar-refractivity contribution in [1.29, 1.82) is 5.26 Å². The smallest absolute Gasteiger partial charge is 0.101 e. The number of nitrogens with zero attached hydrogens (tertiary/aromatic N) is 3. The van der Waals surface area contributed by atoms with E-state index in [1.165, 1.54) is 25.7 Å². The van der Waals surface area contributed by atoms with Crippen molar-refractivity contribution in [2.24, 2.45) is 5.92 Å². The molecule has 5 nitrogen and oxygen atoms in total. The summed E-state index contributed by atoms with van der Waals surface area (Å²) >= 11 is 0. The number of morpholine rings is 1. The second-order valence-electron chi connectivity index (χ2n) is 8.39. The third-order valence-electron chi connectivity index (χ3n) is 6.25. The Kier molecular flexibility index (Phi) is 5.79. The lowest BCUT2D eigenvalue weighted by Gasteiger charge is -2.40. The fourth-order valence-electron chi connectivity index (χ4n) is 4.78. The van der Waals surface area contributed by atoms with E-state index in [1.807, 2.05) is 12.1 Å². The molecule has 28 heavy (non-hydrogen) atoms. The summed E-state index contributed by atoms with van der Waals surface area (Å²) in [6.45, 7) is 7.11. The van der Waals surface area contributed by atoms with Crippen molar-refractivity contribution in [1.82, 2.24) is 10.3 Å². The van der Waals surface area contributed by atoms with Crippen LogP contribution in [0.2, 0.25) is 0 Å². The van der Waals surface area contributed by atoms with Crippen molar-refractivity contribution in [3.8, 4) is 6.07 Å². The van der Waals surface area contributed by atoms with Crippen molar-refractivity contribution < 1.29 is 4.74 Å². The zero-order chi connectivity index (χ0) is 19.5. The Morgan fingerprint density at radius 2 is 2.07 bits per heavy atom. The molecular formula is C23H30N4O. The lowest BCUT2D eigenvalue weighted by atomic mass is 9.86. The number of hydrogen-bond acceptors (Lipinski definition) is 5. The average Bonchev–Trinajstić information content (AvgIpc) is 2.72. The van der Waals surface area contributed by atoms with Crippen LogP contribution in [0.3, 0.4) is 0 Å². The topological polar surface area (TPSA) is 61.2 Å². The molecule has 2 fully saturated rings. The maximum absolute atomic E-state index is 9.40. The number of benzene rings is 1. The Morgan fingerprint density at radius 3 is 2.89 bits per heavy atom. The molecule has 2 aliphatic rings. The van der Waals surface area contributed by atoms with Crippen LogP contribution in [0.25, 0.3) is 10.9 Å². The highest BCUT2D eigenvalue weighted by molar-refractivity contribution is 5.95. The van der Waals surface area contributed by atoms with Crippen LogP contribution < -0.4 is 10.2 Å². The molecule has 4 rings (SSSR count). The molecule has 2 unspecified atom stereocenters. The van der Waals surface area contributed by atoms with Gasteiger partial charge in [-0.15, -0.1) is 0 Å². The van der Waals surface area contributed by atoms with Crippen molar-refractivity contribution >= 4 is 16.6 Å². The largest absolute Gasteiger partial charge is 0.370 e. The molecular weight excluding hydrogens is 348 g/mol. The monoisotopic (exact) mass is 378 g/mol. The second-order valence-corrected chi connectivity index (χ2v) is 8.39. The van der Waals surface area contributed by atoms with Crippen LogP contribution in [0.4, 0.5) is 5.69 Å². The number of nitriles is 1. The standard InChI is InChI=1S/C23H30N4O/c1-16-6-3-4-8-21(16)26-13-19-15-27(14-17(2)28-19)22-10-9-18(12-24)23-20(22)7-5-11-25-23/h5,7,9-11,16-17,19,21,26H,3-4,6,8,13-15H2,1-2H3/t16?,17-,19+,21?/m1/s1. The van der Waals surface area contributed by atoms with Gasteiger partial charge in [0.2, 0.25) is 0 Å². The van der Waals surface area contributed by atoms with Crippen LogP contribution >= 0.6 is 0 Å². The molecule has 0 bridgehead atoms. The number of aromatic nitrogens is 1. The summed E-state index contributed by atoms with van der Waals surface area (Å²) < 4.78 is 6.25. The maximum atomic E-state index is 9.40. The van der Waals surface area contributed by atoms with Crippen LogP contribution in [-0.2, 0) is 4.74 Å². The SMILES string of the molecule is CC1CCCCC1NC[C@H]1CN(c2ccc(C#N)c3ncccc23)C[C@@H](C)O1. The number of rotatable bonds is 4. The lowest BCUT2D eigenvalue weighted by molar-refractivity contribution is -0.0170. The van der Waals surface area contributed by atoms with Gasteiger partial charge in [-0.2, -0.15) is 5.26 Å². The molecule has 1 saturated heterocycles. The van der Waals surface area contributed by atoms with Gasteiger partial charge in [-0.1, -0.05) is 19.8 Å². The van der Waals surface area contributed by atoms with Gasteiger partial charge in [-0.25, -0.2) is 0 Å². The average molecular weight is 379 g/mol. The predicted octanol–water partition coefficient (Wildman–Crippen LogP) is 3.87. The fourth-order valence-corrected chi connectivity index (χ4v) is 4.78. The van der Waals surface area contributed by atoms with Gasteiger partial charge in [-0.3, -0.25) is 4.98 Å².